The van der Waals surface area contributed by atoms with Crippen molar-refractivity contribution in [2.75, 3.05) is 0 Å². The van der Waals surface area contributed by atoms with Gasteiger partial charge >= 0.3 is 0 Å². The fourth-order valence-electron chi connectivity index (χ4n) is 2.62. The number of rotatable bonds is 8. The Hall–Kier alpha value is -3.29. The molecule has 7 heteroatoms. The molecule has 0 aliphatic rings. The van der Waals surface area contributed by atoms with E-state index in [0.717, 1.165) is 0 Å². The summed E-state index contributed by atoms with van der Waals surface area (Å²) in [6.07, 6.45) is 7.08. The lowest BCUT2D eigenvalue weighted by molar-refractivity contribution is 0.448. The molecule has 0 saturated heterocycles. The molecule has 2 aromatic carbocycles. The zero-order valence-electron chi connectivity index (χ0n) is 15.9. The predicted octanol–water partition coefficient (Wildman–Crippen LogP) is 4.28. The number of hydrogen-bond donors (Lipinski definition) is 1. The van der Waals surface area contributed by atoms with Crippen LogP contribution in [0.1, 0.15) is 30.3 Å². The van der Waals surface area contributed by atoms with E-state index in [0.29, 0.717) is 11.1 Å². The zero-order chi connectivity index (χ0) is 20.7. The van der Waals surface area contributed by atoms with E-state index in [1.165, 1.54) is 12.1 Å². The molecular formula is C22H21N3O3S. The van der Waals surface area contributed by atoms with Crippen molar-refractivity contribution in [2.45, 2.75) is 17.9 Å². The van der Waals surface area contributed by atoms with Crippen LogP contribution in [-0.4, -0.2) is 18.6 Å². The Bertz CT molecular complexity index is 1120. The molecule has 148 valence electrons. The third-order valence-corrected chi connectivity index (χ3v) is 5.52. The first kappa shape index (κ1) is 20.4. The maximum atomic E-state index is 12.9. The van der Waals surface area contributed by atoms with Crippen LogP contribution >= 0.6 is 0 Å². The summed E-state index contributed by atoms with van der Waals surface area (Å²) in [5.41, 5.74) is 1.32. The van der Waals surface area contributed by atoms with E-state index in [4.69, 9.17) is 4.42 Å². The number of benzene rings is 2. The minimum Gasteiger partial charge on any atom is -0.419 e. The molecule has 0 spiro atoms. The lowest BCUT2D eigenvalue weighted by Gasteiger charge is -2.16. The molecule has 0 fully saturated rings. The average Bonchev–Trinajstić information content (AvgIpc) is 3.24. The molecule has 1 heterocycles. The van der Waals surface area contributed by atoms with Crippen molar-refractivity contribution in [3.63, 3.8) is 0 Å². The maximum absolute atomic E-state index is 12.9. The summed E-state index contributed by atoms with van der Waals surface area (Å²) >= 11 is 0. The van der Waals surface area contributed by atoms with Gasteiger partial charge in [-0.05, 0) is 30.7 Å². The van der Waals surface area contributed by atoms with Crippen LogP contribution in [0.5, 0.6) is 0 Å². The number of allylic oxidation sites excluding steroid dienone is 5. The Morgan fingerprint density at radius 3 is 2.34 bits per heavy atom. The SMILES string of the molecule is C=C/C(=C\C=C/C)c1nnc(C(NS(=O)(=O)c2ccccc2)c2ccccc2)o1. The van der Waals surface area contributed by atoms with Gasteiger partial charge < -0.3 is 4.42 Å². The predicted molar refractivity (Wildman–Crippen MR) is 112 cm³/mol. The van der Waals surface area contributed by atoms with Gasteiger partial charge in [-0.15, -0.1) is 10.2 Å². The fourth-order valence-corrected chi connectivity index (χ4v) is 3.82. The van der Waals surface area contributed by atoms with E-state index < -0.39 is 16.1 Å². The molecule has 0 bridgehead atoms. The molecule has 3 rings (SSSR count). The highest BCUT2D eigenvalue weighted by atomic mass is 32.2. The molecule has 0 aliphatic carbocycles. The number of sulfonamides is 1. The summed E-state index contributed by atoms with van der Waals surface area (Å²) in [6.45, 7) is 5.65. The first-order valence-electron chi connectivity index (χ1n) is 8.96. The van der Waals surface area contributed by atoms with Crippen LogP contribution < -0.4 is 4.72 Å². The fraction of sp³-hybridized carbons (Fsp3) is 0.0909. The summed E-state index contributed by atoms with van der Waals surface area (Å²) in [5.74, 6) is 0.395. The van der Waals surface area contributed by atoms with Crippen LogP contribution in [0.2, 0.25) is 0 Å². The molecule has 1 N–H and O–H groups in total. The van der Waals surface area contributed by atoms with Gasteiger partial charge in [-0.25, -0.2) is 8.42 Å². The summed E-state index contributed by atoms with van der Waals surface area (Å²) in [5, 5.41) is 8.16. The van der Waals surface area contributed by atoms with Gasteiger partial charge in [0.25, 0.3) is 0 Å². The topological polar surface area (TPSA) is 85.1 Å². The van der Waals surface area contributed by atoms with E-state index in [9.17, 15) is 8.42 Å². The van der Waals surface area contributed by atoms with Gasteiger partial charge in [-0.1, -0.05) is 73.3 Å². The quantitative estimate of drug-likeness (QED) is 0.563. The number of hydrogen-bond acceptors (Lipinski definition) is 5. The largest absolute Gasteiger partial charge is 0.419 e. The molecule has 29 heavy (non-hydrogen) atoms. The minimum absolute atomic E-state index is 0.138. The number of nitrogens with zero attached hydrogens (tertiary/aromatic N) is 2. The average molecular weight is 407 g/mol. The second-order valence-electron chi connectivity index (χ2n) is 6.08. The van der Waals surface area contributed by atoms with E-state index in [1.54, 1.807) is 42.5 Å². The molecule has 6 nitrogen and oxygen atoms in total. The highest BCUT2D eigenvalue weighted by Gasteiger charge is 2.27. The molecule has 0 saturated carbocycles. The Kier molecular flexibility index (Phi) is 6.54. The Balaban J connectivity index is 2.01. The summed E-state index contributed by atoms with van der Waals surface area (Å²) in [6, 6.07) is 16.4. The molecule has 1 atom stereocenters. The second-order valence-corrected chi connectivity index (χ2v) is 7.79. The third-order valence-electron chi connectivity index (χ3n) is 4.08. The van der Waals surface area contributed by atoms with Crippen molar-refractivity contribution in [1.29, 1.82) is 0 Å². The van der Waals surface area contributed by atoms with Crippen molar-refractivity contribution >= 4 is 15.6 Å². The molecule has 1 aromatic heterocycles. The highest BCUT2D eigenvalue weighted by molar-refractivity contribution is 7.89. The van der Waals surface area contributed by atoms with Gasteiger partial charge in [-0.3, -0.25) is 0 Å². The summed E-state index contributed by atoms with van der Waals surface area (Å²) in [4.78, 5) is 0.153. The van der Waals surface area contributed by atoms with E-state index in [-0.39, 0.29) is 16.7 Å². The normalized spacial score (nSPS) is 13.5. The second kappa shape index (κ2) is 9.27. The molecule has 0 amide bonds. The molecule has 1 unspecified atom stereocenters. The van der Waals surface area contributed by atoms with Crippen LogP contribution in [-0.2, 0) is 10.0 Å². The maximum Gasteiger partial charge on any atom is 0.247 e. The van der Waals surface area contributed by atoms with Crippen molar-refractivity contribution < 1.29 is 12.8 Å². The van der Waals surface area contributed by atoms with Gasteiger partial charge in [0.2, 0.25) is 21.8 Å². The van der Waals surface area contributed by atoms with E-state index in [2.05, 4.69) is 21.5 Å². The van der Waals surface area contributed by atoms with Gasteiger partial charge in [-0.2, -0.15) is 4.72 Å². The Labute approximate surface area is 170 Å². The lowest BCUT2D eigenvalue weighted by Crippen LogP contribution is -2.29. The highest BCUT2D eigenvalue weighted by Crippen LogP contribution is 2.25. The van der Waals surface area contributed by atoms with Crippen LogP contribution in [0.25, 0.3) is 5.57 Å². The third kappa shape index (κ3) is 4.96. The minimum atomic E-state index is -3.81. The number of nitrogens with one attached hydrogen (secondary N) is 1. The van der Waals surface area contributed by atoms with E-state index in [1.807, 2.05) is 37.3 Å². The first-order valence-corrected chi connectivity index (χ1v) is 10.4. The molecule has 3 aromatic rings. The van der Waals surface area contributed by atoms with Gasteiger partial charge in [0.05, 0.1) is 4.90 Å². The lowest BCUT2D eigenvalue weighted by atomic mass is 10.1. The van der Waals surface area contributed by atoms with Crippen LogP contribution in [0.4, 0.5) is 0 Å². The van der Waals surface area contributed by atoms with Crippen LogP contribution in [0, 0.1) is 0 Å². The Morgan fingerprint density at radius 1 is 1.07 bits per heavy atom. The monoisotopic (exact) mass is 407 g/mol. The summed E-state index contributed by atoms with van der Waals surface area (Å²) < 4.78 is 34.3. The number of aromatic nitrogens is 2. The smallest absolute Gasteiger partial charge is 0.247 e. The molecule has 0 radical (unpaired) electrons. The van der Waals surface area contributed by atoms with Crippen molar-refractivity contribution in [2.24, 2.45) is 0 Å². The van der Waals surface area contributed by atoms with E-state index >= 15 is 0 Å². The van der Waals surface area contributed by atoms with Gasteiger partial charge in [0.15, 0.2) is 0 Å². The zero-order valence-corrected chi connectivity index (χ0v) is 16.7. The standard InChI is InChI=1S/C22H21N3O3S/c1-3-5-12-17(4-2)21-23-24-22(28-21)20(18-13-8-6-9-14-18)25-29(26,27)19-15-10-7-11-16-19/h3-16,20,25H,2H2,1H3/b5-3-,17-12+. The van der Waals surface area contributed by atoms with Crippen LogP contribution in [0.3, 0.4) is 0 Å². The van der Waals surface area contributed by atoms with Crippen LogP contribution in [0.15, 0.2) is 101 Å². The van der Waals surface area contributed by atoms with Crippen molar-refractivity contribution in [3.8, 4) is 0 Å². The first-order chi connectivity index (χ1) is 14.0. The molecule has 0 aliphatic heterocycles. The Morgan fingerprint density at radius 2 is 1.72 bits per heavy atom. The summed E-state index contributed by atoms with van der Waals surface area (Å²) in [7, 11) is -3.81. The van der Waals surface area contributed by atoms with Crippen molar-refractivity contribution in [3.05, 3.63) is 109 Å². The van der Waals surface area contributed by atoms with Gasteiger partial charge in [0, 0.05) is 5.57 Å². The molecular weight excluding hydrogens is 386 g/mol. The van der Waals surface area contributed by atoms with Gasteiger partial charge in [0.1, 0.15) is 6.04 Å². The van der Waals surface area contributed by atoms with Crippen molar-refractivity contribution in [1.82, 2.24) is 14.9 Å².